The van der Waals surface area contributed by atoms with Crippen LogP contribution in [0, 0.1) is 0 Å². The number of nitrogens with one attached hydrogen (secondary N) is 1. The minimum Gasteiger partial charge on any atom is -0.406 e. The zero-order valence-electron chi connectivity index (χ0n) is 18.0. The molecule has 0 aliphatic carbocycles. The fourth-order valence-electron chi connectivity index (χ4n) is 3.84. The van der Waals surface area contributed by atoms with E-state index in [0.717, 1.165) is 55.8 Å². The van der Waals surface area contributed by atoms with Crippen molar-refractivity contribution in [3.63, 3.8) is 0 Å². The Balaban J connectivity index is 1.76. The first-order chi connectivity index (χ1) is 15.0. The molecule has 0 radical (unpaired) electrons. The van der Waals surface area contributed by atoms with E-state index in [0.29, 0.717) is 12.6 Å². The van der Waals surface area contributed by atoms with Crippen LogP contribution in [-0.4, -0.2) is 64.4 Å². The van der Waals surface area contributed by atoms with E-state index in [4.69, 9.17) is 0 Å². The number of alkyl halides is 3. The third-order valence-corrected chi connectivity index (χ3v) is 7.14. The molecule has 1 aliphatic rings. The highest BCUT2D eigenvalue weighted by atomic mass is 32.2. The van der Waals surface area contributed by atoms with Crippen LogP contribution < -0.4 is 9.46 Å². The molecule has 1 unspecified atom stereocenters. The highest BCUT2D eigenvalue weighted by molar-refractivity contribution is 7.89. The van der Waals surface area contributed by atoms with Crippen LogP contribution >= 0.6 is 0 Å². The van der Waals surface area contributed by atoms with Gasteiger partial charge in [0.15, 0.2) is 0 Å². The zero-order chi connectivity index (χ0) is 23.4. The number of hydrogen-bond acceptors (Lipinski definition) is 5. The fourth-order valence-corrected chi connectivity index (χ4v) is 5.06. The summed E-state index contributed by atoms with van der Waals surface area (Å²) in [5.41, 5.74) is 0.813. The van der Waals surface area contributed by atoms with Crippen molar-refractivity contribution < 1.29 is 26.3 Å². The first kappa shape index (κ1) is 24.5. The second-order valence-corrected chi connectivity index (χ2v) is 9.79. The summed E-state index contributed by atoms with van der Waals surface area (Å²) in [4.78, 5) is 4.32. The SMILES string of the molecule is CN1CCC(N(C)CC(NS(=O)(=O)c2ccc(OC(F)(F)F)cc2)c2ccccc2)CC1. The number of hydrogen-bond donors (Lipinski definition) is 1. The molecule has 176 valence electrons. The molecule has 1 atom stereocenters. The van der Waals surface area contributed by atoms with Crippen LogP contribution in [0.4, 0.5) is 13.2 Å². The van der Waals surface area contributed by atoms with Crippen molar-refractivity contribution in [2.75, 3.05) is 33.7 Å². The molecule has 10 heteroatoms. The van der Waals surface area contributed by atoms with Crippen molar-refractivity contribution >= 4 is 10.0 Å². The Morgan fingerprint density at radius 3 is 2.25 bits per heavy atom. The first-order valence-corrected chi connectivity index (χ1v) is 11.8. The minimum atomic E-state index is -4.84. The Bertz CT molecular complexity index is 961. The van der Waals surface area contributed by atoms with Gasteiger partial charge in [-0.1, -0.05) is 30.3 Å². The van der Waals surface area contributed by atoms with Gasteiger partial charge in [0.1, 0.15) is 5.75 Å². The molecule has 0 saturated carbocycles. The summed E-state index contributed by atoms with van der Waals surface area (Å²) in [6, 6.07) is 13.3. The average molecular weight is 472 g/mol. The Kier molecular flexibility index (Phi) is 7.81. The summed E-state index contributed by atoms with van der Waals surface area (Å²) < 4.78 is 69.7. The highest BCUT2D eigenvalue weighted by Gasteiger charge is 2.31. The summed E-state index contributed by atoms with van der Waals surface area (Å²) in [7, 11) is 0.100. The van der Waals surface area contributed by atoms with E-state index in [1.54, 1.807) is 0 Å². The summed E-state index contributed by atoms with van der Waals surface area (Å²) in [5.74, 6) is -0.474. The van der Waals surface area contributed by atoms with Gasteiger partial charge in [-0.2, -0.15) is 0 Å². The van der Waals surface area contributed by atoms with Crippen LogP contribution in [0.2, 0.25) is 0 Å². The Morgan fingerprint density at radius 1 is 1.09 bits per heavy atom. The normalized spacial score (nSPS) is 17.4. The second kappa shape index (κ2) is 10.2. The average Bonchev–Trinajstić information content (AvgIpc) is 2.73. The topological polar surface area (TPSA) is 61.9 Å². The van der Waals surface area contributed by atoms with Crippen LogP contribution in [0.15, 0.2) is 59.5 Å². The minimum absolute atomic E-state index is 0.130. The molecule has 3 rings (SSSR count). The maximum atomic E-state index is 13.0. The zero-order valence-corrected chi connectivity index (χ0v) is 18.9. The van der Waals surface area contributed by atoms with Crippen molar-refractivity contribution in [1.29, 1.82) is 0 Å². The quantitative estimate of drug-likeness (QED) is 0.637. The van der Waals surface area contributed by atoms with E-state index in [1.807, 2.05) is 37.4 Å². The van der Waals surface area contributed by atoms with Gasteiger partial charge >= 0.3 is 6.36 Å². The lowest BCUT2D eigenvalue weighted by Crippen LogP contribution is -2.45. The smallest absolute Gasteiger partial charge is 0.406 e. The van der Waals surface area contributed by atoms with E-state index in [2.05, 4.69) is 26.3 Å². The number of rotatable bonds is 8. The summed E-state index contributed by atoms with van der Waals surface area (Å²) >= 11 is 0. The first-order valence-electron chi connectivity index (χ1n) is 10.4. The van der Waals surface area contributed by atoms with Crippen LogP contribution in [0.5, 0.6) is 5.75 Å². The molecular formula is C22H28F3N3O3S. The van der Waals surface area contributed by atoms with Crippen LogP contribution in [-0.2, 0) is 10.0 Å². The number of likely N-dealkylation sites (tertiary alicyclic amines) is 1. The number of piperidine rings is 1. The van der Waals surface area contributed by atoms with E-state index in [1.165, 1.54) is 0 Å². The largest absolute Gasteiger partial charge is 0.573 e. The lowest BCUT2D eigenvalue weighted by molar-refractivity contribution is -0.274. The molecule has 2 aromatic rings. The van der Waals surface area contributed by atoms with E-state index in [9.17, 15) is 21.6 Å². The van der Waals surface area contributed by atoms with Gasteiger partial charge in [0.05, 0.1) is 10.9 Å². The van der Waals surface area contributed by atoms with Gasteiger partial charge in [-0.05, 0) is 69.9 Å². The fraction of sp³-hybridized carbons (Fsp3) is 0.455. The molecule has 1 aliphatic heterocycles. The predicted octanol–water partition coefficient (Wildman–Crippen LogP) is 3.63. The van der Waals surface area contributed by atoms with Crippen molar-refractivity contribution in [1.82, 2.24) is 14.5 Å². The number of nitrogens with zero attached hydrogens (tertiary/aromatic N) is 2. The predicted molar refractivity (Wildman–Crippen MR) is 116 cm³/mol. The van der Waals surface area contributed by atoms with Crippen molar-refractivity contribution in [2.45, 2.75) is 36.2 Å². The molecule has 32 heavy (non-hydrogen) atoms. The monoisotopic (exact) mass is 471 g/mol. The van der Waals surface area contributed by atoms with Crippen LogP contribution in [0.25, 0.3) is 0 Å². The number of sulfonamides is 1. The van der Waals surface area contributed by atoms with Crippen molar-refractivity contribution in [3.8, 4) is 5.75 Å². The van der Waals surface area contributed by atoms with Gasteiger partial charge in [-0.15, -0.1) is 13.2 Å². The lowest BCUT2D eigenvalue weighted by atomic mass is 10.0. The van der Waals surface area contributed by atoms with Gasteiger partial charge in [0.25, 0.3) is 0 Å². The van der Waals surface area contributed by atoms with Gasteiger partial charge in [0.2, 0.25) is 10.0 Å². The van der Waals surface area contributed by atoms with E-state index in [-0.39, 0.29) is 4.90 Å². The third kappa shape index (κ3) is 6.93. The molecule has 0 amide bonds. The van der Waals surface area contributed by atoms with Crippen LogP contribution in [0.1, 0.15) is 24.4 Å². The lowest BCUT2D eigenvalue weighted by Gasteiger charge is -2.37. The summed E-state index contributed by atoms with van der Waals surface area (Å²) in [5, 5.41) is 0. The maximum absolute atomic E-state index is 13.0. The van der Waals surface area contributed by atoms with E-state index < -0.39 is 28.2 Å². The van der Waals surface area contributed by atoms with Gasteiger partial charge in [-0.25, -0.2) is 13.1 Å². The molecule has 2 aromatic carbocycles. The molecule has 1 fully saturated rings. The summed E-state index contributed by atoms with van der Waals surface area (Å²) in [6.45, 7) is 2.44. The standard InChI is InChI=1S/C22H28F3N3O3S/c1-27-14-12-18(13-15-27)28(2)16-21(17-6-4-3-5-7-17)26-32(29,30)20-10-8-19(9-11-20)31-22(23,24)25/h3-11,18,21,26H,12-16H2,1-2H3. The molecule has 1 heterocycles. The number of halogens is 3. The highest BCUT2D eigenvalue weighted by Crippen LogP contribution is 2.25. The number of ether oxygens (including phenoxy) is 1. The van der Waals surface area contributed by atoms with Crippen molar-refractivity contribution in [3.05, 3.63) is 60.2 Å². The van der Waals surface area contributed by atoms with Gasteiger partial charge < -0.3 is 14.5 Å². The molecule has 0 spiro atoms. The number of likely N-dealkylation sites (N-methyl/N-ethyl adjacent to an activating group) is 1. The Morgan fingerprint density at radius 2 is 1.69 bits per heavy atom. The van der Waals surface area contributed by atoms with Gasteiger partial charge in [-0.3, -0.25) is 0 Å². The van der Waals surface area contributed by atoms with E-state index >= 15 is 0 Å². The summed E-state index contributed by atoms with van der Waals surface area (Å²) in [6.07, 6.45) is -2.83. The molecule has 0 bridgehead atoms. The molecule has 1 saturated heterocycles. The van der Waals surface area contributed by atoms with Gasteiger partial charge in [0, 0.05) is 12.6 Å². The van der Waals surface area contributed by atoms with Crippen LogP contribution in [0.3, 0.4) is 0 Å². The maximum Gasteiger partial charge on any atom is 0.573 e. The molecular weight excluding hydrogens is 443 g/mol. The molecule has 6 nitrogen and oxygen atoms in total. The Hall–Kier alpha value is -2.14. The number of benzene rings is 2. The third-order valence-electron chi connectivity index (χ3n) is 5.65. The molecule has 0 aromatic heterocycles. The Labute approximate surface area is 187 Å². The second-order valence-electron chi connectivity index (χ2n) is 8.08. The van der Waals surface area contributed by atoms with Crippen molar-refractivity contribution in [2.24, 2.45) is 0 Å². The molecule has 1 N–H and O–H groups in total.